The van der Waals surface area contributed by atoms with Gasteiger partial charge in [-0.05, 0) is 54.8 Å². The first-order chi connectivity index (χ1) is 20.1. The third-order valence-electron chi connectivity index (χ3n) is 6.70. The Morgan fingerprint density at radius 2 is 1.64 bits per heavy atom. The van der Waals surface area contributed by atoms with Crippen LogP contribution in [0.4, 0.5) is 5.69 Å². The van der Waals surface area contributed by atoms with Gasteiger partial charge in [0.2, 0.25) is 11.8 Å². The smallest absolute Gasteiger partial charge is 0.264 e. The number of ether oxygens (including phenoxy) is 2. The van der Waals surface area contributed by atoms with Gasteiger partial charge < -0.3 is 19.7 Å². The normalized spacial score (nSPS) is 13.2. The van der Waals surface area contributed by atoms with E-state index in [0.717, 1.165) is 10.7 Å². The largest absolute Gasteiger partial charge is 0.486 e. The molecule has 0 aliphatic carbocycles. The molecule has 0 aromatic heterocycles. The summed E-state index contributed by atoms with van der Waals surface area (Å²) in [6, 6.07) is 16.7. The third kappa shape index (κ3) is 7.29. The summed E-state index contributed by atoms with van der Waals surface area (Å²) in [5.74, 6) is -0.0516. The Balaban J connectivity index is 1.75. The van der Waals surface area contributed by atoms with E-state index in [9.17, 15) is 18.0 Å². The average molecular weight is 635 g/mol. The van der Waals surface area contributed by atoms with Crippen molar-refractivity contribution in [3.63, 3.8) is 0 Å². The highest BCUT2D eigenvalue weighted by atomic mass is 35.5. The fourth-order valence-electron chi connectivity index (χ4n) is 4.56. The van der Waals surface area contributed by atoms with E-state index in [2.05, 4.69) is 5.32 Å². The van der Waals surface area contributed by atoms with Crippen LogP contribution in [0.15, 0.2) is 71.6 Å². The van der Waals surface area contributed by atoms with Crippen LogP contribution in [-0.4, -0.2) is 57.5 Å². The Morgan fingerprint density at radius 1 is 0.929 bits per heavy atom. The molecule has 0 radical (unpaired) electrons. The summed E-state index contributed by atoms with van der Waals surface area (Å²) in [7, 11) is -4.21. The highest BCUT2D eigenvalue weighted by Crippen LogP contribution is 2.36. The van der Waals surface area contributed by atoms with Gasteiger partial charge in [-0.25, -0.2) is 8.42 Å². The zero-order valence-corrected chi connectivity index (χ0v) is 25.7. The van der Waals surface area contributed by atoms with Crippen LogP contribution < -0.4 is 19.1 Å². The molecule has 2 amide bonds. The zero-order chi connectivity index (χ0) is 30.3. The molecular formula is C30H33Cl2N3O6S. The summed E-state index contributed by atoms with van der Waals surface area (Å²) in [6.07, 6.45) is 1.02. The number of nitrogens with zero attached hydrogens (tertiary/aromatic N) is 2. The van der Waals surface area contributed by atoms with Gasteiger partial charge in [-0.2, -0.15) is 0 Å². The van der Waals surface area contributed by atoms with Gasteiger partial charge >= 0.3 is 0 Å². The predicted octanol–water partition coefficient (Wildman–Crippen LogP) is 5.29. The fraction of sp³-hybridized carbons (Fsp3) is 0.333. The number of hydrogen-bond acceptors (Lipinski definition) is 6. The van der Waals surface area contributed by atoms with Gasteiger partial charge in [-0.1, -0.05) is 61.3 Å². The molecule has 224 valence electrons. The summed E-state index contributed by atoms with van der Waals surface area (Å²) in [5, 5.41) is 3.51. The first kappa shape index (κ1) is 31.5. The maximum absolute atomic E-state index is 14.2. The lowest BCUT2D eigenvalue weighted by Crippen LogP contribution is -2.52. The van der Waals surface area contributed by atoms with E-state index in [1.54, 1.807) is 55.5 Å². The topological polar surface area (TPSA) is 105 Å². The van der Waals surface area contributed by atoms with Crippen molar-refractivity contribution in [1.82, 2.24) is 10.2 Å². The van der Waals surface area contributed by atoms with Crippen LogP contribution in [0, 0.1) is 0 Å². The molecule has 0 spiro atoms. The van der Waals surface area contributed by atoms with Crippen LogP contribution in [0.1, 0.15) is 32.3 Å². The number of hydrogen-bond donors (Lipinski definition) is 1. The summed E-state index contributed by atoms with van der Waals surface area (Å²) in [4.78, 5) is 28.8. The van der Waals surface area contributed by atoms with Crippen molar-refractivity contribution in [2.45, 2.75) is 44.2 Å². The van der Waals surface area contributed by atoms with Gasteiger partial charge in [0.25, 0.3) is 10.0 Å². The van der Waals surface area contributed by atoms with Crippen molar-refractivity contribution in [2.75, 3.05) is 30.6 Å². The number of halogens is 2. The van der Waals surface area contributed by atoms with E-state index in [4.69, 9.17) is 32.7 Å². The molecule has 3 aromatic rings. The second kappa shape index (κ2) is 14.1. The van der Waals surface area contributed by atoms with E-state index in [-0.39, 0.29) is 23.0 Å². The highest BCUT2D eigenvalue weighted by molar-refractivity contribution is 7.92. The van der Waals surface area contributed by atoms with E-state index >= 15 is 0 Å². The average Bonchev–Trinajstić information content (AvgIpc) is 3.00. The molecule has 3 aromatic carbocycles. The van der Waals surface area contributed by atoms with Crippen molar-refractivity contribution in [3.05, 3.63) is 82.3 Å². The third-order valence-corrected chi connectivity index (χ3v) is 9.22. The Hall–Kier alpha value is -3.47. The predicted molar refractivity (Wildman–Crippen MR) is 163 cm³/mol. The van der Waals surface area contributed by atoms with E-state index < -0.39 is 28.5 Å². The second-order valence-electron chi connectivity index (χ2n) is 9.64. The Labute approximate surface area is 256 Å². The molecule has 12 heteroatoms. The molecule has 1 atom stereocenters. The van der Waals surface area contributed by atoms with Gasteiger partial charge in [-0.15, -0.1) is 0 Å². The molecular weight excluding hydrogens is 601 g/mol. The summed E-state index contributed by atoms with van der Waals surface area (Å²) < 4.78 is 40.3. The van der Waals surface area contributed by atoms with E-state index in [1.807, 2.05) is 6.92 Å². The fourth-order valence-corrected chi connectivity index (χ4v) is 6.30. The summed E-state index contributed by atoms with van der Waals surface area (Å²) >= 11 is 12.4. The van der Waals surface area contributed by atoms with Crippen LogP contribution >= 0.6 is 23.2 Å². The molecule has 1 aliphatic heterocycles. The lowest BCUT2D eigenvalue weighted by molar-refractivity contribution is -0.140. The minimum Gasteiger partial charge on any atom is -0.486 e. The molecule has 4 rings (SSSR count). The molecule has 0 fully saturated rings. The molecule has 0 bridgehead atoms. The molecule has 1 heterocycles. The van der Waals surface area contributed by atoms with E-state index in [1.165, 1.54) is 23.1 Å². The van der Waals surface area contributed by atoms with Gasteiger partial charge in [0.05, 0.1) is 20.6 Å². The standard InChI is InChI=1S/C30H33Cl2N3O6S/c1-3-14-33-30(37)26(4-2)34(19-21-10-12-24(31)25(32)17-21)29(36)20-35(42(38,39)23-8-6-5-7-9-23)22-11-13-27-28(18-22)41-16-15-40-27/h5-13,17-18,26H,3-4,14-16,19-20H2,1-2H3,(H,33,37)/t26-/m0/s1. The molecule has 9 nitrogen and oxygen atoms in total. The maximum Gasteiger partial charge on any atom is 0.264 e. The SMILES string of the molecule is CCCNC(=O)[C@H](CC)N(Cc1ccc(Cl)c(Cl)c1)C(=O)CN(c1ccc2c(c1)OCCO2)S(=O)(=O)c1ccccc1. The lowest BCUT2D eigenvalue weighted by atomic mass is 10.1. The van der Waals surface area contributed by atoms with Crippen LogP contribution in [0.3, 0.4) is 0 Å². The minimum atomic E-state index is -4.21. The van der Waals surface area contributed by atoms with Crippen LogP contribution in [0.5, 0.6) is 11.5 Å². The molecule has 0 saturated heterocycles. The number of carbonyl (C=O) groups excluding carboxylic acids is 2. The van der Waals surface area contributed by atoms with Crippen molar-refractivity contribution < 1.29 is 27.5 Å². The zero-order valence-electron chi connectivity index (χ0n) is 23.4. The van der Waals surface area contributed by atoms with Crippen LogP contribution in [0.2, 0.25) is 10.0 Å². The van der Waals surface area contributed by atoms with E-state index in [0.29, 0.717) is 53.3 Å². The number of fused-ring (bicyclic) bond motifs is 1. The second-order valence-corrected chi connectivity index (χ2v) is 12.3. The monoisotopic (exact) mass is 633 g/mol. The van der Waals surface area contributed by atoms with Crippen molar-refractivity contribution in [1.29, 1.82) is 0 Å². The number of anilines is 1. The lowest BCUT2D eigenvalue weighted by Gasteiger charge is -2.33. The molecule has 0 unspecified atom stereocenters. The Morgan fingerprint density at radius 3 is 2.31 bits per heavy atom. The Bertz CT molecular complexity index is 1520. The van der Waals surface area contributed by atoms with Crippen molar-refractivity contribution in [2.24, 2.45) is 0 Å². The van der Waals surface area contributed by atoms with Crippen molar-refractivity contribution >= 4 is 50.7 Å². The number of nitrogens with one attached hydrogen (secondary N) is 1. The molecule has 1 N–H and O–H groups in total. The van der Waals surface area contributed by atoms with Gasteiger partial charge in [0.1, 0.15) is 25.8 Å². The maximum atomic E-state index is 14.2. The summed E-state index contributed by atoms with van der Waals surface area (Å²) in [5.41, 5.74) is 0.853. The molecule has 1 aliphatic rings. The number of sulfonamides is 1. The first-order valence-electron chi connectivity index (χ1n) is 13.6. The quantitative estimate of drug-likeness (QED) is 0.290. The number of amides is 2. The first-order valence-corrected chi connectivity index (χ1v) is 15.8. The van der Waals surface area contributed by atoms with Crippen LogP contribution in [-0.2, 0) is 26.2 Å². The Kier molecular flexibility index (Phi) is 10.6. The number of benzene rings is 3. The molecule has 42 heavy (non-hydrogen) atoms. The highest BCUT2D eigenvalue weighted by Gasteiger charge is 2.34. The molecule has 0 saturated carbocycles. The van der Waals surface area contributed by atoms with Crippen molar-refractivity contribution in [3.8, 4) is 11.5 Å². The number of carbonyl (C=O) groups is 2. The van der Waals surface area contributed by atoms with Gasteiger partial charge in [0.15, 0.2) is 11.5 Å². The van der Waals surface area contributed by atoms with Gasteiger partial charge in [0, 0.05) is 19.2 Å². The van der Waals surface area contributed by atoms with Gasteiger partial charge in [-0.3, -0.25) is 13.9 Å². The minimum absolute atomic E-state index is 0.00807. The number of rotatable bonds is 12. The van der Waals surface area contributed by atoms with Crippen LogP contribution in [0.25, 0.3) is 0 Å². The summed E-state index contributed by atoms with van der Waals surface area (Å²) in [6.45, 7) is 4.28.